The summed E-state index contributed by atoms with van der Waals surface area (Å²) in [6.45, 7) is 4.18. The number of rotatable bonds is 3. The minimum atomic E-state index is -0.393. The van der Waals surface area contributed by atoms with Crippen molar-refractivity contribution in [2.75, 3.05) is 0 Å². The molecule has 0 amide bonds. The number of hydrogen-bond acceptors (Lipinski definition) is 3. The molecule has 7 nitrogen and oxygen atoms in total. The largest absolute Gasteiger partial charge is 0.332 e. The molecule has 0 aliphatic heterocycles. The smallest absolute Gasteiger partial charge is 0.279 e. The van der Waals surface area contributed by atoms with Crippen molar-refractivity contribution in [3.05, 3.63) is 86.7 Å². The van der Waals surface area contributed by atoms with Gasteiger partial charge in [0.15, 0.2) is 11.2 Å². The van der Waals surface area contributed by atoms with Crippen molar-refractivity contribution in [1.29, 1.82) is 0 Å². The van der Waals surface area contributed by atoms with Crippen LogP contribution in [0.1, 0.15) is 18.1 Å². The molecule has 0 N–H and O–H groups in total. The van der Waals surface area contributed by atoms with E-state index in [1.165, 1.54) is 17.2 Å². The molecule has 0 saturated carbocycles. The van der Waals surface area contributed by atoms with E-state index in [0.717, 1.165) is 33.5 Å². The molecular formula is C24H23N5O2. The second-order valence-electron chi connectivity index (χ2n) is 7.85. The van der Waals surface area contributed by atoms with E-state index < -0.39 is 5.69 Å². The fraction of sp³-hybridized carbons (Fsp3) is 0.208. The lowest BCUT2D eigenvalue weighted by molar-refractivity contribution is 0.708. The van der Waals surface area contributed by atoms with Crippen molar-refractivity contribution < 1.29 is 0 Å². The van der Waals surface area contributed by atoms with E-state index in [2.05, 4.69) is 35.8 Å². The Balaban J connectivity index is 1.95. The van der Waals surface area contributed by atoms with Crippen LogP contribution in [0.15, 0.2) is 64.3 Å². The molecule has 0 bridgehead atoms. The van der Waals surface area contributed by atoms with Crippen LogP contribution in [0.5, 0.6) is 0 Å². The van der Waals surface area contributed by atoms with E-state index in [1.807, 2.05) is 37.4 Å². The fourth-order valence-corrected chi connectivity index (χ4v) is 4.14. The minimum Gasteiger partial charge on any atom is -0.279 e. The first-order valence-corrected chi connectivity index (χ1v) is 10.3. The van der Waals surface area contributed by atoms with Gasteiger partial charge in [-0.1, -0.05) is 49.4 Å². The fourth-order valence-electron chi connectivity index (χ4n) is 4.14. The van der Waals surface area contributed by atoms with E-state index in [1.54, 1.807) is 11.4 Å². The highest BCUT2D eigenvalue weighted by atomic mass is 16.2. The number of para-hydroxylation sites is 1. The van der Waals surface area contributed by atoms with Crippen LogP contribution in [0.2, 0.25) is 0 Å². The van der Waals surface area contributed by atoms with Crippen LogP contribution in [0.3, 0.4) is 0 Å². The third-order valence-corrected chi connectivity index (χ3v) is 5.98. The number of benzene rings is 2. The SMILES string of the molecule is CCc1ccc(-c2cn3c4c(=O)n(C)c(=O)n(C)c4nc3n2-c2ccccc2C)cc1. The zero-order chi connectivity index (χ0) is 21.9. The third-order valence-electron chi connectivity index (χ3n) is 5.98. The van der Waals surface area contributed by atoms with Gasteiger partial charge in [0.1, 0.15) is 0 Å². The number of nitrogens with zero attached hydrogens (tertiary/aromatic N) is 5. The van der Waals surface area contributed by atoms with E-state index in [9.17, 15) is 9.59 Å². The van der Waals surface area contributed by atoms with Crippen LogP contribution in [0.4, 0.5) is 0 Å². The first-order valence-electron chi connectivity index (χ1n) is 10.3. The monoisotopic (exact) mass is 413 g/mol. The van der Waals surface area contributed by atoms with Crippen molar-refractivity contribution >= 4 is 16.9 Å². The lowest BCUT2D eigenvalue weighted by Gasteiger charge is -2.12. The molecule has 0 radical (unpaired) electrons. The minimum absolute atomic E-state index is 0.361. The van der Waals surface area contributed by atoms with Gasteiger partial charge in [0.25, 0.3) is 5.56 Å². The van der Waals surface area contributed by atoms with Gasteiger partial charge in [-0.15, -0.1) is 0 Å². The van der Waals surface area contributed by atoms with Gasteiger partial charge in [0, 0.05) is 25.9 Å². The molecule has 0 aliphatic rings. The Hall–Kier alpha value is -3.87. The number of aromatic nitrogens is 5. The average molecular weight is 413 g/mol. The van der Waals surface area contributed by atoms with Gasteiger partial charge in [-0.05, 0) is 30.5 Å². The highest BCUT2D eigenvalue weighted by Crippen LogP contribution is 2.30. The van der Waals surface area contributed by atoms with Crippen molar-refractivity contribution in [2.45, 2.75) is 20.3 Å². The van der Waals surface area contributed by atoms with Crippen LogP contribution in [0, 0.1) is 6.92 Å². The molecule has 0 aliphatic carbocycles. The van der Waals surface area contributed by atoms with E-state index in [4.69, 9.17) is 4.98 Å². The van der Waals surface area contributed by atoms with Gasteiger partial charge in [0.2, 0.25) is 5.78 Å². The van der Waals surface area contributed by atoms with Gasteiger partial charge < -0.3 is 0 Å². The molecule has 5 aromatic rings. The summed E-state index contributed by atoms with van der Waals surface area (Å²) in [6, 6.07) is 16.5. The summed E-state index contributed by atoms with van der Waals surface area (Å²) in [5.74, 6) is 0.595. The molecule has 7 heteroatoms. The molecule has 0 fully saturated rings. The highest BCUT2D eigenvalue weighted by molar-refractivity contribution is 5.79. The van der Waals surface area contributed by atoms with E-state index >= 15 is 0 Å². The molecule has 31 heavy (non-hydrogen) atoms. The lowest BCUT2D eigenvalue weighted by Crippen LogP contribution is -2.37. The number of imidazole rings is 2. The van der Waals surface area contributed by atoms with Crippen LogP contribution in [-0.4, -0.2) is 23.1 Å². The maximum atomic E-state index is 13.0. The number of hydrogen-bond donors (Lipinski definition) is 0. The zero-order valence-corrected chi connectivity index (χ0v) is 18.0. The summed E-state index contributed by atoms with van der Waals surface area (Å²) in [5, 5.41) is 0. The summed E-state index contributed by atoms with van der Waals surface area (Å²) in [5.41, 5.74) is 5.29. The van der Waals surface area contributed by atoms with Crippen molar-refractivity contribution in [3.63, 3.8) is 0 Å². The lowest BCUT2D eigenvalue weighted by atomic mass is 10.1. The second-order valence-corrected chi connectivity index (χ2v) is 7.85. The Morgan fingerprint density at radius 2 is 1.65 bits per heavy atom. The molecule has 5 rings (SSSR count). The first-order chi connectivity index (χ1) is 14.9. The Labute approximate surface area is 178 Å². The Morgan fingerprint density at radius 1 is 0.935 bits per heavy atom. The molecule has 2 aromatic carbocycles. The number of fused-ring (bicyclic) bond motifs is 3. The van der Waals surface area contributed by atoms with Crippen molar-refractivity contribution in [1.82, 2.24) is 23.1 Å². The van der Waals surface area contributed by atoms with Gasteiger partial charge >= 0.3 is 5.69 Å². The summed E-state index contributed by atoms with van der Waals surface area (Å²) >= 11 is 0. The molecule has 0 unspecified atom stereocenters. The van der Waals surface area contributed by atoms with Crippen LogP contribution < -0.4 is 11.2 Å². The normalized spacial score (nSPS) is 11.6. The highest BCUT2D eigenvalue weighted by Gasteiger charge is 2.22. The quantitative estimate of drug-likeness (QED) is 0.456. The second kappa shape index (κ2) is 6.84. The molecule has 0 spiro atoms. The first kappa shape index (κ1) is 19.1. The van der Waals surface area contributed by atoms with Gasteiger partial charge in [-0.2, -0.15) is 4.98 Å². The summed E-state index contributed by atoms with van der Waals surface area (Å²) < 4.78 is 6.39. The standard InChI is InChI=1S/C24H23N5O2/c1-5-16-10-12-17(13-11-16)19-14-28-20-21(26(3)24(31)27(4)22(20)30)25-23(28)29(19)18-9-7-6-8-15(18)2/h6-14H,5H2,1-4H3. The molecular weight excluding hydrogens is 390 g/mol. The summed E-state index contributed by atoms with van der Waals surface area (Å²) in [4.78, 5) is 30.2. The number of aryl methyl sites for hydroxylation is 3. The van der Waals surface area contributed by atoms with Crippen LogP contribution >= 0.6 is 0 Å². The molecule has 3 aromatic heterocycles. The summed E-state index contributed by atoms with van der Waals surface area (Å²) in [7, 11) is 3.13. The van der Waals surface area contributed by atoms with Gasteiger partial charge in [-0.3, -0.25) is 22.9 Å². The van der Waals surface area contributed by atoms with Gasteiger partial charge in [-0.25, -0.2) is 4.79 Å². The van der Waals surface area contributed by atoms with E-state index in [0.29, 0.717) is 16.9 Å². The predicted octanol–water partition coefficient (Wildman–Crippen LogP) is 3.21. The maximum Gasteiger partial charge on any atom is 0.332 e. The topological polar surface area (TPSA) is 66.2 Å². The Bertz CT molecular complexity index is 1580. The molecule has 0 atom stereocenters. The maximum absolute atomic E-state index is 13.0. The van der Waals surface area contributed by atoms with Crippen LogP contribution in [0.25, 0.3) is 33.9 Å². The van der Waals surface area contributed by atoms with E-state index in [-0.39, 0.29) is 5.56 Å². The predicted molar refractivity (Wildman–Crippen MR) is 122 cm³/mol. The van der Waals surface area contributed by atoms with Crippen molar-refractivity contribution in [3.8, 4) is 16.9 Å². The molecule has 0 saturated heterocycles. The van der Waals surface area contributed by atoms with Gasteiger partial charge in [0.05, 0.1) is 11.4 Å². The third kappa shape index (κ3) is 2.70. The average Bonchev–Trinajstić information content (AvgIpc) is 3.33. The Kier molecular flexibility index (Phi) is 4.22. The Morgan fingerprint density at radius 3 is 2.32 bits per heavy atom. The zero-order valence-electron chi connectivity index (χ0n) is 18.0. The molecule has 3 heterocycles. The van der Waals surface area contributed by atoms with Crippen molar-refractivity contribution in [2.24, 2.45) is 14.1 Å². The summed E-state index contributed by atoms with van der Waals surface area (Å²) in [6.07, 6.45) is 2.90. The molecule has 156 valence electrons. The van der Waals surface area contributed by atoms with Crippen LogP contribution in [-0.2, 0) is 20.5 Å².